The molecule has 35 heavy (non-hydrogen) atoms. The lowest BCUT2D eigenvalue weighted by Gasteiger charge is -2.19. The highest BCUT2D eigenvalue weighted by molar-refractivity contribution is 7.80. The topological polar surface area (TPSA) is 175 Å². The predicted molar refractivity (Wildman–Crippen MR) is 133 cm³/mol. The summed E-state index contributed by atoms with van der Waals surface area (Å²) in [6.45, 7) is -0.573. The van der Waals surface area contributed by atoms with Crippen LogP contribution in [-0.2, 0) is 4.79 Å². The normalized spacial score (nSPS) is 11.8. The van der Waals surface area contributed by atoms with Gasteiger partial charge in [0, 0.05) is 34.3 Å². The Hall–Kier alpha value is -4.48. The van der Waals surface area contributed by atoms with Crippen LogP contribution < -0.4 is 21.8 Å². The maximum atomic E-state index is 12.2. The molecule has 0 bridgehead atoms. The Morgan fingerprint density at radius 3 is 2.49 bits per heavy atom. The molecule has 0 unspecified atom stereocenters. The van der Waals surface area contributed by atoms with Crippen LogP contribution in [-0.4, -0.2) is 45.0 Å². The number of hydrogen-bond donors (Lipinski definition) is 6. The molecule has 1 atom stereocenters. The van der Waals surface area contributed by atoms with E-state index in [0.29, 0.717) is 27.8 Å². The van der Waals surface area contributed by atoms with Gasteiger partial charge in [0.2, 0.25) is 5.91 Å². The van der Waals surface area contributed by atoms with Crippen molar-refractivity contribution in [3.05, 3.63) is 70.4 Å². The number of primary amides is 1. The maximum absolute atomic E-state index is 12.2. The van der Waals surface area contributed by atoms with Crippen LogP contribution in [0.1, 0.15) is 10.4 Å². The van der Waals surface area contributed by atoms with E-state index in [1.807, 2.05) is 0 Å². The number of phenols is 1. The molecule has 1 heterocycles. The van der Waals surface area contributed by atoms with Crippen LogP contribution in [0.2, 0.25) is 0 Å². The van der Waals surface area contributed by atoms with Gasteiger partial charge in [0.1, 0.15) is 23.1 Å². The number of amides is 1. The number of phenolic OH excluding ortho intramolecular Hbond substituents is 1. The fourth-order valence-corrected chi connectivity index (χ4v) is 3.96. The van der Waals surface area contributed by atoms with Gasteiger partial charge in [-0.05, 0) is 54.2 Å². The molecule has 10 nitrogen and oxygen atoms in total. The first-order chi connectivity index (χ1) is 16.7. The van der Waals surface area contributed by atoms with Crippen molar-refractivity contribution in [1.29, 1.82) is 0 Å². The summed E-state index contributed by atoms with van der Waals surface area (Å²) in [5.41, 5.74) is 6.72. The summed E-state index contributed by atoms with van der Waals surface area (Å²) in [7, 11) is 0. The number of nitrogens with one attached hydrogen (secondary N) is 2. The number of aromatic carboxylic acids is 1. The fourth-order valence-electron chi connectivity index (χ4n) is 3.70. The number of aromatic hydroxyl groups is 1. The number of carboxylic acid groups (broad SMARTS) is 1. The molecule has 1 aliphatic carbocycles. The van der Waals surface area contributed by atoms with E-state index >= 15 is 0 Å². The SMILES string of the molecule is NC(=O)[C@H](CO)NC(=S)Nc1ccc(-c2c3ccc(=O)cc-3oc3cc(O)ccc23)c(C(=O)O)c1. The lowest BCUT2D eigenvalue weighted by Crippen LogP contribution is -2.48. The van der Waals surface area contributed by atoms with Crippen molar-refractivity contribution < 1.29 is 29.3 Å². The van der Waals surface area contributed by atoms with Gasteiger partial charge in [-0.15, -0.1) is 0 Å². The largest absolute Gasteiger partial charge is 0.508 e. The van der Waals surface area contributed by atoms with Crippen LogP contribution in [0.25, 0.3) is 33.4 Å². The zero-order valence-corrected chi connectivity index (χ0v) is 18.8. The van der Waals surface area contributed by atoms with Crippen molar-refractivity contribution in [3.8, 4) is 28.2 Å². The second kappa shape index (κ2) is 9.41. The van der Waals surface area contributed by atoms with Gasteiger partial charge in [0.15, 0.2) is 10.5 Å². The molecule has 2 aromatic rings. The number of carbonyl (C=O) groups is 2. The first-order valence-corrected chi connectivity index (χ1v) is 10.6. The first-order valence-electron chi connectivity index (χ1n) is 10.2. The van der Waals surface area contributed by atoms with Gasteiger partial charge >= 0.3 is 5.97 Å². The van der Waals surface area contributed by atoms with Crippen molar-refractivity contribution in [3.63, 3.8) is 0 Å². The third-order valence-electron chi connectivity index (χ3n) is 5.29. The second-order valence-corrected chi connectivity index (χ2v) is 8.03. The van der Waals surface area contributed by atoms with Crippen LogP contribution in [0.3, 0.4) is 0 Å². The number of rotatable bonds is 6. The van der Waals surface area contributed by atoms with Gasteiger partial charge in [0.25, 0.3) is 0 Å². The number of aliphatic hydroxyl groups excluding tert-OH is 1. The Morgan fingerprint density at radius 2 is 1.80 bits per heavy atom. The molecule has 0 radical (unpaired) electrons. The van der Waals surface area contributed by atoms with E-state index in [4.69, 9.17) is 22.4 Å². The highest BCUT2D eigenvalue weighted by Gasteiger charge is 2.22. The van der Waals surface area contributed by atoms with Crippen LogP contribution in [0.5, 0.6) is 5.75 Å². The third-order valence-corrected chi connectivity index (χ3v) is 5.51. The van der Waals surface area contributed by atoms with Crippen LogP contribution in [0.15, 0.2) is 63.8 Å². The number of carboxylic acids is 1. The molecule has 2 aromatic carbocycles. The molecule has 0 spiro atoms. The summed E-state index contributed by atoms with van der Waals surface area (Å²) in [6, 6.07) is 12.0. The Morgan fingerprint density at radius 1 is 1.06 bits per heavy atom. The first kappa shape index (κ1) is 23.7. The van der Waals surface area contributed by atoms with Gasteiger partial charge in [-0.3, -0.25) is 9.59 Å². The van der Waals surface area contributed by atoms with Crippen molar-refractivity contribution >= 4 is 45.9 Å². The average Bonchev–Trinajstić information content (AvgIpc) is 2.80. The standard InChI is InChI=1S/C24H19N3O7S/c25-22(31)18(10-28)27-24(35)26-11-1-4-14(17(7-11)23(32)33)21-15-5-2-12(29)8-19(15)34-20-9-13(30)3-6-16(20)21/h1-9,18,28-29H,10H2,(H2,25,31)(H,32,33)(H2,26,27,35)/t18-/m0/s1. The van der Waals surface area contributed by atoms with Crippen LogP contribution in [0, 0.1) is 0 Å². The molecule has 1 amide bonds. The number of benzene rings is 3. The Labute approximate surface area is 203 Å². The average molecular weight is 493 g/mol. The van der Waals surface area contributed by atoms with Gasteiger partial charge in [-0.2, -0.15) is 0 Å². The van der Waals surface area contributed by atoms with Crippen molar-refractivity contribution in [2.45, 2.75) is 6.04 Å². The Kier molecular flexibility index (Phi) is 6.36. The van der Waals surface area contributed by atoms with Crippen molar-refractivity contribution in [2.75, 3.05) is 11.9 Å². The van der Waals surface area contributed by atoms with E-state index in [1.165, 1.54) is 30.3 Å². The minimum atomic E-state index is -1.23. The summed E-state index contributed by atoms with van der Waals surface area (Å²) in [5, 5.41) is 34.9. The highest BCUT2D eigenvalue weighted by atomic mass is 32.1. The monoisotopic (exact) mass is 493 g/mol. The molecule has 0 fully saturated rings. The number of carbonyl (C=O) groups excluding carboxylic acids is 1. The highest BCUT2D eigenvalue weighted by Crippen LogP contribution is 2.42. The summed E-state index contributed by atoms with van der Waals surface area (Å²) in [5.74, 6) is -1.86. The van der Waals surface area contributed by atoms with Crippen LogP contribution in [0.4, 0.5) is 5.69 Å². The molecule has 0 saturated carbocycles. The number of fused-ring (bicyclic) bond motifs is 2. The number of aliphatic hydroxyl groups is 1. The minimum absolute atomic E-state index is 0.0419. The van der Waals surface area contributed by atoms with Crippen molar-refractivity contribution in [2.24, 2.45) is 5.73 Å². The molecule has 2 aliphatic rings. The quantitative estimate of drug-likeness (QED) is 0.172. The lowest BCUT2D eigenvalue weighted by atomic mass is 9.90. The molecule has 178 valence electrons. The zero-order chi connectivity index (χ0) is 25.3. The van der Waals surface area contributed by atoms with Gasteiger partial charge < -0.3 is 36.1 Å². The molecule has 0 saturated heterocycles. The van der Waals surface area contributed by atoms with Gasteiger partial charge in [0.05, 0.1) is 12.2 Å². The third kappa shape index (κ3) is 4.76. The zero-order valence-electron chi connectivity index (χ0n) is 17.9. The second-order valence-electron chi connectivity index (χ2n) is 7.62. The molecular weight excluding hydrogens is 474 g/mol. The predicted octanol–water partition coefficient (Wildman–Crippen LogP) is 2.10. The minimum Gasteiger partial charge on any atom is -0.508 e. The smallest absolute Gasteiger partial charge is 0.336 e. The molecule has 4 rings (SSSR count). The van der Waals surface area contributed by atoms with Crippen molar-refractivity contribution in [1.82, 2.24) is 5.32 Å². The summed E-state index contributed by atoms with van der Waals surface area (Å²) in [6.07, 6.45) is 0. The number of hydrogen-bond acceptors (Lipinski definition) is 7. The summed E-state index contributed by atoms with van der Waals surface area (Å²) < 4.78 is 5.81. The lowest BCUT2D eigenvalue weighted by molar-refractivity contribution is -0.120. The summed E-state index contributed by atoms with van der Waals surface area (Å²) >= 11 is 5.13. The number of thiocarbonyl (C=S) groups is 1. The van der Waals surface area contributed by atoms with Gasteiger partial charge in [-0.25, -0.2) is 4.79 Å². The number of anilines is 1. The number of nitrogens with two attached hydrogens (primary N) is 1. The Bertz CT molecular complexity index is 1520. The molecule has 7 N–H and O–H groups in total. The van der Waals surface area contributed by atoms with E-state index in [1.54, 1.807) is 24.3 Å². The molecule has 0 aromatic heterocycles. The summed E-state index contributed by atoms with van der Waals surface area (Å²) in [4.78, 5) is 35.5. The van der Waals surface area contributed by atoms with Crippen LogP contribution >= 0.6 is 12.2 Å². The van der Waals surface area contributed by atoms with E-state index in [9.17, 15) is 29.7 Å². The molecule has 11 heteroatoms. The van der Waals surface area contributed by atoms with E-state index in [2.05, 4.69) is 10.6 Å². The Balaban J connectivity index is 1.85. The maximum Gasteiger partial charge on any atom is 0.336 e. The van der Waals surface area contributed by atoms with E-state index in [0.717, 1.165) is 0 Å². The van der Waals surface area contributed by atoms with E-state index in [-0.39, 0.29) is 33.2 Å². The van der Waals surface area contributed by atoms with E-state index < -0.39 is 24.5 Å². The molecular formula is C24H19N3O7S. The fraction of sp³-hybridized carbons (Fsp3) is 0.0833. The molecule has 1 aliphatic heterocycles. The van der Waals surface area contributed by atoms with Gasteiger partial charge in [-0.1, -0.05) is 6.07 Å².